The number of imidazole rings is 1. The molecule has 5 rings (SSSR count). The molecule has 4 aromatic rings. The molecule has 1 aromatic heterocycles. The minimum absolute atomic E-state index is 0.0712. The Hall–Kier alpha value is -3.80. The summed E-state index contributed by atoms with van der Waals surface area (Å²) in [7, 11) is 1.64. The van der Waals surface area contributed by atoms with E-state index in [9.17, 15) is 4.79 Å². The number of likely N-dealkylation sites (tertiary alicyclic amines) is 1. The highest BCUT2D eigenvalue weighted by Crippen LogP contribution is 2.31. The van der Waals surface area contributed by atoms with Crippen molar-refractivity contribution >= 4 is 16.9 Å². The molecule has 0 saturated carbocycles. The summed E-state index contributed by atoms with van der Waals surface area (Å²) >= 11 is 0. The van der Waals surface area contributed by atoms with Crippen LogP contribution in [-0.4, -0.2) is 47.2 Å². The van der Waals surface area contributed by atoms with Crippen molar-refractivity contribution < 1.29 is 14.3 Å². The zero-order valence-corrected chi connectivity index (χ0v) is 19.4. The molecule has 1 fully saturated rings. The number of methoxy groups -OCH3 is 1. The second-order valence-corrected chi connectivity index (χ2v) is 8.59. The summed E-state index contributed by atoms with van der Waals surface area (Å²) in [6, 6.07) is 26.1. The molecule has 3 aromatic carbocycles. The number of hydrogen-bond donors (Lipinski definition) is 0. The molecule has 0 unspecified atom stereocenters. The number of amides is 1. The van der Waals surface area contributed by atoms with E-state index in [0.29, 0.717) is 31.9 Å². The zero-order chi connectivity index (χ0) is 23.3. The summed E-state index contributed by atoms with van der Waals surface area (Å²) in [5.41, 5.74) is 3.26. The normalized spacial score (nSPS) is 15.7. The molecule has 0 spiro atoms. The third-order valence-corrected chi connectivity index (χ3v) is 6.42. The summed E-state index contributed by atoms with van der Waals surface area (Å²) in [4.78, 5) is 19.7. The van der Waals surface area contributed by atoms with Gasteiger partial charge in [0.2, 0.25) is 5.91 Å². The molecule has 0 N–H and O–H groups in total. The molecule has 6 heteroatoms. The number of fused-ring (bicyclic) bond motifs is 1. The van der Waals surface area contributed by atoms with Gasteiger partial charge in [-0.05, 0) is 36.2 Å². The second kappa shape index (κ2) is 10.00. The Morgan fingerprint density at radius 1 is 0.912 bits per heavy atom. The highest BCUT2D eigenvalue weighted by Gasteiger charge is 2.33. The first kappa shape index (κ1) is 22.0. The lowest BCUT2D eigenvalue weighted by molar-refractivity contribution is -0.127. The lowest BCUT2D eigenvalue weighted by Gasteiger charge is -2.18. The molecule has 0 radical (unpaired) electrons. The molecular weight excluding hydrogens is 426 g/mol. The van der Waals surface area contributed by atoms with Crippen LogP contribution in [-0.2, 0) is 17.8 Å². The zero-order valence-electron chi connectivity index (χ0n) is 19.4. The molecule has 0 aliphatic carbocycles. The Morgan fingerprint density at radius 3 is 2.47 bits per heavy atom. The first-order valence-corrected chi connectivity index (χ1v) is 11.8. The van der Waals surface area contributed by atoms with Gasteiger partial charge in [-0.3, -0.25) is 4.79 Å². The number of carbonyl (C=O) groups excluding carboxylic acids is 1. The van der Waals surface area contributed by atoms with Crippen LogP contribution in [0.2, 0.25) is 0 Å². The van der Waals surface area contributed by atoms with Crippen molar-refractivity contribution in [1.82, 2.24) is 14.5 Å². The molecule has 1 aliphatic rings. The standard InChI is InChI=1S/C28H29N3O3/c1-33-25-13-7-8-14-26(25)34-18-17-31-24-12-6-5-11-23(24)29-28(31)22-19-27(32)30(20-22)16-15-21-9-3-2-4-10-21/h2-14,22H,15-20H2,1H3/t22-/m0/s1. The maximum atomic E-state index is 12.8. The van der Waals surface area contributed by atoms with Crippen molar-refractivity contribution in [3.8, 4) is 11.5 Å². The summed E-state index contributed by atoms with van der Waals surface area (Å²) in [5.74, 6) is 2.67. The van der Waals surface area contributed by atoms with Gasteiger partial charge in [0.05, 0.1) is 24.7 Å². The molecule has 2 heterocycles. The van der Waals surface area contributed by atoms with E-state index >= 15 is 0 Å². The summed E-state index contributed by atoms with van der Waals surface area (Å²) in [6.45, 7) is 2.55. The minimum Gasteiger partial charge on any atom is -0.493 e. The van der Waals surface area contributed by atoms with Crippen molar-refractivity contribution in [2.75, 3.05) is 26.8 Å². The van der Waals surface area contributed by atoms with Gasteiger partial charge >= 0.3 is 0 Å². The predicted molar refractivity (Wildman–Crippen MR) is 132 cm³/mol. The van der Waals surface area contributed by atoms with E-state index in [0.717, 1.165) is 35.6 Å². The Morgan fingerprint density at radius 2 is 1.65 bits per heavy atom. The molecule has 34 heavy (non-hydrogen) atoms. The van der Waals surface area contributed by atoms with E-state index < -0.39 is 0 Å². The smallest absolute Gasteiger partial charge is 0.223 e. The Kier molecular flexibility index (Phi) is 6.47. The Balaban J connectivity index is 1.32. The highest BCUT2D eigenvalue weighted by molar-refractivity contribution is 5.81. The van der Waals surface area contributed by atoms with Crippen molar-refractivity contribution in [2.24, 2.45) is 0 Å². The van der Waals surface area contributed by atoms with Gasteiger partial charge in [0.25, 0.3) is 0 Å². The Bertz CT molecular complexity index is 1270. The molecule has 174 valence electrons. The maximum absolute atomic E-state index is 12.8. The molecule has 6 nitrogen and oxygen atoms in total. The van der Waals surface area contributed by atoms with Crippen molar-refractivity contribution in [1.29, 1.82) is 0 Å². The third-order valence-electron chi connectivity index (χ3n) is 6.42. The van der Waals surface area contributed by atoms with Crippen LogP contribution in [0.1, 0.15) is 23.7 Å². The van der Waals surface area contributed by atoms with Crippen LogP contribution in [0, 0.1) is 0 Å². The quantitative estimate of drug-likeness (QED) is 0.368. The van der Waals surface area contributed by atoms with Gasteiger partial charge in [0.1, 0.15) is 12.4 Å². The number of para-hydroxylation sites is 4. The van der Waals surface area contributed by atoms with Gasteiger partial charge in [0.15, 0.2) is 11.5 Å². The van der Waals surface area contributed by atoms with Crippen LogP contribution in [0.3, 0.4) is 0 Å². The Labute approximate surface area is 199 Å². The van der Waals surface area contributed by atoms with Crippen LogP contribution in [0.15, 0.2) is 78.9 Å². The number of benzene rings is 3. The number of rotatable bonds is 9. The predicted octanol–water partition coefficient (Wildman–Crippen LogP) is 4.68. The van der Waals surface area contributed by atoms with E-state index in [1.807, 2.05) is 65.6 Å². The average molecular weight is 456 g/mol. The summed E-state index contributed by atoms with van der Waals surface area (Å²) < 4.78 is 13.7. The van der Waals surface area contributed by atoms with Crippen LogP contribution >= 0.6 is 0 Å². The average Bonchev–Trinajstić information content (AvgIpc) is 3.44. The lowest BCUT2D eigenvalue weighted by Crippen LogP contribution is -2.27. The third kappa shape index (κ3) is 4.62. The molecule has 0 bridgehead atoms. The number of aromatic nitrogens is 2. The van der Waals surface area contributed by atoms with E-state index in [2.05, 4.69) is 22.8 Å². The fraction of sp³-hybridized carbons (Fsp3) is 0.286. The first-order chi connectivity index (χ1) is 16.7. The topological polar surface area (TPSA) is 56.6 Å². The number of ether oxygens (including phenoxy) is 2. The fourth-order valence-corrected chi connectivity index (χ4v) is 4.70. The molecule has 1 atom stereocenters. The number of carbonyl (C=O) groups is 1. The number of hydrogen-bond acceptors (Lipinski definition) is 4. The van der Waals surface area contributed by atoms with Gasteiger partial charge in [-0.2, -0.15) is 0 Å². The van der Waals surface area contributed by atoms with E-state index in [4.69, 9.17) is 14.5 Å². The lowest BCUT2D eigenvalue weighted by atomic mass is 10.1. The number of nitrogens with zero attached hydrogens (tertiary/aromatic N) is 3. The van der Waals surface area contributed by atoms with Gasteiger partial charge < -0.3 is 18.9 Å². The maximum Gasteiger partial charge on any atom is 0.223 e. The molecular formula is C28H29N3O3. The minimum atomic E-state index is 0.0712. The van der Waals surface area contributed by atoms with Crippen LogP contribution in [0.25, 0.3) is 11.0 Å². The van der Waals surface area contributed by atoms with Crippen molar-refractivity contribution in [3.63, 3.8) is 0 Å². The highest BCUT2D eigenvalue weighted by atomic mass is 16.5. The van der Waals surface area contributed by atoms with Crippen molar-refractivity contribution in [2.45, 2.75) is 25.3 Å². The van der Waals surface area contributed by atoms with Crippen LogP contribution < -0.4 is 9.47 Å². The van der Waals surface area contributed by atoms with Crippen LogP contribution in [0.4, 0.5) is 0 Å². The largest absolute Gasteiger partial charge is 0.493 e. The van der Waals surface area contributed by atoms with E-state index in [-0.39, 0.29) is 11.8 Å². The van der Waals surface area contributed by atoms with Gasteiger partial charge in [-0.25, -0.2) is 4.98 Å². The van der Waals surface area contributed by atoms with Gasteiger partial charge in [-0.1, -0.05) is 54.6 Å². The van der Waals surface area contributed by atoms with E-state index in [1.165, 1.54) is 5.56 Å². The molecule has 1 saturated heterocycles. The fourth-order valence-electron chi connectivity index (χ4n) is 4.70. The molecule has 1 aliphatic heterocycles. The van der Waals surface area contributed by atoms with E-state index in [1.54, 1.807) is 7.11 Å². The summed E-state index contributed by atoms with van der Waals surface area (Å²) in [5, 5.41) is 0. The second-order valence-electron chi connectivity index (χ2n) is 8.59. The van der Waals surface area contributed by atoms with Gasteiger partial charge in [0, 0.05) is 25.4 Å². The SMILES string of the molecule is COc1ccccc1OCCn1c([C@H]2CC(=O)N(CCc3ccccc3)C2)nc2ccccc21. The monoisotopic (exact) mass is 455 g/mol. The van der Waals surface area contributed by atoms with Gasteiger partial charge in [-0.15, -0.1) is 0 Å². The summed E-state index contributed by atoms with van der Waals surface area (Å²) in [6.07, 6.45) is 1.36. The van der Waals surface area contributed by atoms with Crippen LogP contribution in [0.5, 0.6) is 11.5 Å². The first-order valence-electron chi connectivity index (χ1n) is 11.8. The molecule has 1 amide bonds. The van der Waals surface area contributed by atoms with Crippen molar-refractivity contribution in [3.05, 3.63) is 90.3 Å².